The van der Waals surface area contributed by atoms with Gasteiger partial charge in [0.2, 0.25) is 0 Å². The van der Waals surface area contributed by atoms with E-state index in [0.29, 0.717) is 5.69 Å². The number of carbonyl (C=O) groups is 1. The van der Waals surface area contributed by atoms with Crippen LogP contribution in [0, 0.1) is 6.92 Å². The quantitative estimate of drug-likeness (QED) is 0.806. The van der Waals surface area contributed by atoms with E-state index < -0.39 is 11.5 Å². The summed E-state index contributed by atoms with van der Waals surface area (Å²) in [6.07, 6.45) is 1.40. The van der Waals surface area contributed by atoms with Gasteiger partial charge in [0.1, 0.15) is 5.56 Å². The number of nitrogens with zero attached hydrogens (tertiary/aromatic N) is 1. The fourth-order valence-corrected chi connectivity index (χ4v) is 1.60. The lowest BCUT2D eigenvalue weighted by Crippen LogP contribution is -2.41. The summed E-state index contributed by atoms with van der Waals surface area (Å²) in [6, 6.07) is 1.38. The predicted octanol–water partition coefficient (Wildman–Crippen LogP) is 0.526. The molecule has 0 spiro atoms. The predicted molar refractivity (Wildman–Crippen MR) is 65.1 cm³/mol. The molecule has 0 aliphatic rings. The van der Waals surface area contributed by atoms with Crippen molar-refractivity contribution >= 4 is 5.91 Å². The summed E-state index contributed by atoms with van der Waals surface area (Å²) >= 11 is 0. The van der Waals surface area contributed by atoms with Crippen molar-refractivity contribution in [3.05, 3.63) is 33.7 Å². The molecule has 5 heteroatoms. The van der Waals surface area contributed by atoms with Crippen molar-refractivity contribution in [1.29, 1.82) is 0 Å². The fraction of sp³-hybridized carbons (Fsp3) is 0.500. The monoisotopic (exact) mass is 238 g/mol. The van der Waals surface area contributed by atoms with Crippen LogP contribution < -0.4 is 5.43 Å². The molecule has 0 unspecified atom stereocenters. The first-order valence-electron chi connectivity index (χ1n) is 5.38. The van der Waals surface area contributed by atoms with Crippen LogP contribution in [0.2, 0.25) is 0 Å². The molecule has 0 saturated carbocycles. The van der Waals surface area contributed by atoms with Crippen molar-refractivity contribution in [2.45, 2.75) is 26.4 Å². The highest BCUT2D eigenvalue weighted by molar-refractivity contribution is 5.93. The lowest BCUT2D eigenvalue weighted by molar-refractivity contribution is 0.0367. The number of likely N-dealkylation sites (N-methyl/N-ethyl adjacent to an activating group) is 1. The molecule has 0 saturated heterocycles. The summed E-state index contributed by atoms with van der Waals surface area (Å²) in [5.41, 5.74) is -0.505. The van der Waals surface area contributed by atoms with E-state index in [9.17, 15) is 14.7 Å². The number of aromatic nitrogens is 1. The van der Waals surface area contributed by atoms with E-state index in [1.165, 1.54) is 17.2 Å². The smallest absolute Gasteiger partial charge is 0.259 e. The van der Waals surface area contributed by atoms with Crippen LogP contribution >= 0.6 is 0 Å². The summed E-state index contributed by atoms with van der Waals surface area (Å²) in [5, 5.41) is 9.62. The Kier molecular flexibility index (Phi) is 3.72. The Balaban J connectivity index is 2.93. The number of nitrogens with one attached hydrogen (secondary N) is 1. The van der Waals surface area contributed by atoms with Crippen LogP contribution in [0.1, 0.15) is 29.9 Å². The van der Waals surface area contributed by atoms with Crippen LogP contribution in [-0.4, -0.2) is 40.1 Å². The molecule has 2 N–H and O–H groups in total. The first kappa shape index (κ1) is 13.4. The Morgan fingerprint density at radius 2 is 2.12 bits per heavy atom. The first-order valence-corrected chi connectivity index (χ1v) is 5.38. The van der Waals surface area contributed by atoms with Crippen molar-refractivity contribution in [3.63, 3.8) is 0 Å². The molecule has 1 aromatic rings. The van der Waals surface area contributed by atoms with E-state index in [2.05, 4.69) is 4.98 Å². The van der Waals surface area contributed by atoms with Crippen molar-refractivity contribution in [2.75, 3.05) is 13.6 Å². The van der Waals surface area contributed by atoms with Crippen LogP contribution in [0.3, 0.4) is 0 Å². The van der Waals surface area contributed by atoms with Gasteiger partial charge in [0.25, 0.3) is 5.91 Å². The lowest BCUT2D eigenvalue weighted by atomic mass is 10.1. The van der Waals surface area contributed by atoms with Gasteiger partial charge in [-0.1, -0.05) is 0 Å². The Bertz CT molecular complexity index is 471. The molecule has 1 amide bonds. The van der Waals surface area contributed by atoms with Gasteiger partial charge in [-0.3, -0.25) is 9.59 Å². The van der Waals surface area contributed by atoms with Gasteiger partial charge in [0.05, 0.1) is 5.60 Å². The van der Waals surface area contributed by atoms with E-state index in [4.69, 9.17) is 0 Å². The number of H-pyrrole nitrogens is 1. The average molecular weight is 238 g/mol. The summed E-state index contributed by atoms with van der Waals surface area (Å²) < 4.78 is 0. The molecule has 94 valence electrons. The minimum Gasteiger partial charge on any atom is -0.389 e. The standard InChI is InChI=1S/C12H18N2O3/c1-8-5-10(15)9(6-13-8)11(16)14(4)7-12(2,3)17/h5-6,17H,7H2,1-4H3,(H,13,15). The Morgan fingerprint density at radius 3 is 2.59 bits per heavy atom. The van der Waals surface area contributed by atoms with E-state index in [-0.39, 0.29) is 17.5 Å². The largest absolute Gasteiger partial charge is 0.389 e. The minimum absolute atomic E-state index is 0.0855. The van der Waals surface area contributed by atoms with Gasteiger partial charge in [-0.15, -0.1) is 0 Å². The second-order valence-corrected chi connectivity index (χ2v) is 4.87. The Labute approximate surface area is 100 Å². The Hall–Kier alpha value is -1.62. The molecule has 0 aliphatic carbocycles. The zero-order chi connectivity index (χ0) is 13.2. The molecule has 0 bridgehead atoms. The fourth-order valence-electron chi connectivity index (χ4n) is 1.60. The van der Waals surface area contributed by atoms with Crippen LogP contribution in [0.5, 0.6) is 0 Å². The van der Waals surface area contributed by atoms with Crippen LogP contribution in [0.25, 0.3) is 0 Å². The van der Waals surface area contributed by atoms with Crippen molar-refractivity contribution in [2.24, 2.45) is 0 Å². The summed E-state index contributed by atoms with van der Waals surface area (Å²) in [7, 11) is 1.56. The number of aliphatic hydroxyl groups is 1. The molecule has 0 fully saturated rings. The highest BCUT2D eigenvalue weighted by Crippen LogP contribution is 2.06. The molecular formula is C12H18N2O3. The van der Waals surface area contributed by atoms with Gasteiger partial charge in [0, 0.05) is 31.5 Å². The van der Waals surface area contributed by atoms with Gasteiger partial charge in [-0.05, 0) is 20.8 Å². The number of aromatic amines is 1. The van der Waals surface area contributed by atoms with Gasteiger partial charge in [-0.25, -0.2) is 0 Å². The maximum absolute atomic E-state index is 11.9. The molecule has 0 aromatic carbocycles. The Morgan fingerprint density at radius 1 is 1.53 bits per heavy atom. The molecule has 0 aliphatic heterocycles. The summed E-state index contributed by atoms with van der Waals surface area (Å²) in [4.78, 5) is 27.7. The highest BCUT2D eigenvalue weighted by Gasteiger charge is 2.21. The molecule has 1 rings (SSSR count). The highest BCUT2D eigenvalue weighted by atomic mass is 16.3. The minimum atomic E-state index is -0.984. The summed E-state index contributed by atoms with van der Waals surface area (Å²) in [5.74, 6) is -0.395. The number of carbonyl (C=O) groups excluding carboxylic acids is 1. The third kappa shape index (κ3) is 3.71. The van der Waals surface area contributed by atoms with Crippen LogP contribution in [-0.2, 0) is 0 Å². The van der Waals surface area contributed by atoms with Gasteiger partial charge in [-0.2, -0.15) is 0 Å². The van der Waals surface area contributed by atoms with Gasteiger partial charge < -0.3 is 15.0 Å². The first-order chi connectivity index (χ1) is 7.70. The zero-order valence-electron chi connectivity index (χ0n) is 10.6. The molecule has 1 heterocycles. The van der Waals surface area contributed by atoms with Crippen molar-refractivity contribution in [1.82, 2.24) is 9.88 Å². The SMILES string of the molecule is Cc1cc(=O)c(C(=O)N(C)CC(C)(C)O)c[nH]1. The van der Waals surface area contributed by atoms with E-state index in [1.54, 1.807) is 27.8 Å². The summed E-state index contributed by atoms with van der Waals surface area (Å²) in [6.45, 7) is 5.13. The van der Waals surface area contributed by atoms with Crippen molar-refractivity contribution < 1.29 is 9.90 Å². The number of pyridine rings is 1. The van der Waals surface area contributed by atoms with E-state index >= 15 is 0 Å². The normalized spacial score (nSPS) is 11.4. The number of aryl methyl sites for hydroxylation is 1. The molecule has 17 heavy (non-hydrogen) atoms. The topological polar surface area (TPSA) is 73.4 Å². The van der Waals surface area contributed by atoms with Crippen LogP contribution in [0.4, 0.5) is 0 Å². The average Bonchev–Trinajstić information content (AvgIpc) is 2.14. The maximum atomic E-state index is 11.9. The molecule has 5 nitrogen and oxygen atoms in total. The second kappa shape index (κ2) is 4.71. The third-order valence-corrected chi connectivity index (χ3v) is 2.26. The zero-order valence-corrected chi connectivity index (χ0v) is 10.6. The lowest BCUT2D eigenvalue weighted by Gasteiger charge is -2.25. The van der Waals surface area contributed by atoms with Crippen LogP contribution in [0.15, 0.2) is 17.1 Å². The molecular weight excluding hydrogens is 220 g/mol. The number of hydrogen-bond donors (Lipinski definition) is 2. The van der Waals surface area contributed by atoms with E-state index in [1.807, 2.05) is 0 Å². The molecule has 0 atom stereocenters. The molecule has 1 aromatic heterocycles. The molecule has 0 radical (unpaired) electrons. The third-order valence-electron chi connectivity index (χ3n) is 2.26. The van der Waals surface area contributed by atoms with Gasteiger partial charge in [0.15, 0.2) is 5.43 Å². The second-order valence-electron chi connectivity index (χ2n) is 4.87. The van der Waals surface area contributed by atoms with Gasteiger partial charge >= 0.3 is 0 Å². The number of amides is 1. The number of rotatable bonds is 3. The van der Waals surface area contributed by atoms with Crippen molar-refractivity contribution in [3.8, 4) is 0 Å². The van der Waals surface area contributed by atoms with E-state index in [0.717, 1.165) is 0 Å². The number of hydrogen-bond acceptors (Lipinski definition) is 3. The maximum Gasteiger partial charge on any atom is 0.259 e.